The number of nitrogens with two attached hydrogens (primary N) is 1. The molecule has 1 heterocycles. The summed E-state index contributed by atoms with van der Waals surface area (Å²) in [7, 11) is 4.18. The van der Waals surface area contributed by atoms with Gasteiger partial charge >= 0.3 is 0 Å². The first-order valence-electron chi connectivity index (χ1n) is 7.77. The fourth-order valence-corrected chi connectivity index (χ4v) is 3.08. The van der Waals surface area contributed by atoms with E-state index in [1.54, 1.807) is 0 Å². The molecule has 1 saturated carbocycles. The van der Waals surface area contributed by atoms with Gasteiger partial charge in [-0.1, -0.05) is 26.7 Å². The van der Waals surface area contributed by atoms with Crippen LogP contribution < -0.4 is 11.1 Å². The predicted octanol–water partition coefficient (Wildman–Crippen LogP) is 2.41. The summed E-state index contributed by atoms with van der Waals surface area (Å²) < 4.78 is 1.86. The second-order valence-electron chi connectivity index (χ2n) is 6.27. The van der Waals surface area contributed by atoms with Gasteiger partial charge < -0.3 is 16.0 Å². The molecule has 114 valence electrons. The average Bonchev–Trinajstić information content (AvgIpc) is 3.01. The van der Waals surface area contributed by atoms with Crippen molar-refractivity contribution in [2.75, 3.05) is 31.2 Å². The van der Waals surface area contributed by atoms with Crippen molar-refractivity contribution in [3.63, 3.8) is 0 Å². The molecule has 0 atom stereocenters. The van der Waals surface area contributed by atoms with E-state index in [1.165, 1.54) is 25.7 Å². The second kappa shape index (κ2) is 6.48. The van der Waals surface area contributed by atoms with Gasteiger partial charge in [0.2, 0.25) is 0 Å². The average molecular weight is 279 g/mol. The SMILES string of the molecule is CC(C)c1nn(C)c(NCCN(C)C2CCCC2)c1N. The molecule has 1 aromatic heterocycles. The molecule has 0 spiro atoms. The molecule has 0 unspecified atom stereocenters. The smallest absolute Gasteiger partial charge is 0.147 e. The minimum Gasteiger partial charge on any atom is -0.394 e. The topological polar surface area (TPSA) is 59.1 Å². The van der Waals surface area contributed by atoms with Crippen LogP contribution in [0, 0.1) is 0 Å². The largest absolute Gasteiger partial charge is 0.394 e. The van der Waals surface area contributed by atoms with E-state index in [9.17, 15) is 0 Å². The summed E-state index contributed by atoms with van der Waals surface area (Å²) in [6, 6.07) is 0.770. The van der Waals surface area contributed by atoms with Gasteiger partial charge in [-0.15, -0.1) is 0 Å². The molecule has 0 aromatic carbocycles. The van der Waals surface area contributed by atoms with E-state index in [0.717, 1.165) is 36.3 Å². The third-order valence-corrected chi connectivity index (χ3v) is 4.36. The van der Waals surface area contributed by atoms with Crippen LogP contribution in [0.15, 0.2) is 0 Å². The zero-order chi connectivity index (χ0) is 14.7. The maximum atomic E-state index is 6.18. The summed E-state index contributed by atoms with van der Waals surface area (Å²) in [5.41, 5.74) is 7.97. The summed E-state index contributed by atoms with van der Waals surface area (Å²) in [4.78, 5) is 2.47. The Kier molecular flexibility index (Phi) is 4.91. The lowest BCUT2D eigenvalue weighted by Crippen LogP contribution is -2.33. The number of hydrogen-bond donors (Lipinski definition) is 2. The van der Waals surface area contributed by atoms with Crippen LogP contribution in [0.1, 0.15) is 51.1 Å². The molecule has 0 saturated heterocycles. The zero-order valence-electron chi connectivity index (χ0n) is 13.3. The number of nitrogens with one attached hydrogen (secondary N) is 1. The number of nitrogens with zero attached hydrogens (tertiary/aromatic N) is 3. The van der Waals surface area contributed by atoms with E-state index in [1.807, 2.05) is 11.7 Å². The van der Waals surface area contributed by atoms with E-state index in [4.69, 9.17) is 5.73 Å². The number of hydrogen-bond acceptors (Lipinski definition) is 4. The minimum absolute atomic E-state index is 0.359. The summed E-state index contributed by atoms with van der Waals surface area (Å²) in [5, 5.41) is 7.95. The molecule has 0 bridgehead atoms. The van der Waals surface area contributed by atoms with Crippen molar-refractivity contribution in [2.45, 2.75) is 51.5 Å². The van der Waals surface area contributed by atoms with Gasteiger partial charge in [0, 0.05) is 26.2 Å². The van der Waals surface area contributed by atoms with Crippen LogP contribution in [-0.4, -0.2) is 40.9 Å². The number of rotatable bonds is 6. The molecule has 0 amide bonds. The monoisotopic (exact) mass is 279 g/mol. The first-order valence-corrected chi connectivity index (χ1v) is 7.77. The second-order valence-corrected chi connectivity index (χ2v) is 6.27. The summed E-state index contributed by atoms with van der Waals surface area (Å²) in [5.74, 6) is 1.31. The van der Waals surface area contributed by atoms with Crippen molar-refractivity contribution in [1.82, 2.24) is 14.7 Å². The number of nitrogen functional groups attached to an aromatic ring is 1. The molecule has 1 aliphatic rings. The number of aryl methyl sites for hydroxylation is 1. The first kappa shape index (κ1) is 15.2. The predicted molar refractivity (Wildman–Crippen MR) is 85.1 cm³/mol. The Hall–Kier alpha value is -1.23. The molecular formula is C15H29N5. The molecule has 3 N–H and O–H groups in total. The van der Waals surface area contributed by atoms with Gasteiger partial charge in [-0.05, 0) is 25.8 Å². The number of aromatic nitrogens is 2. The van der Waals surface area contributed by atoms with Crippen LogP contribution in [0.3, 0.4) is 0 Å². The maximum Gasteiger partial charge on any atom is 0.147 e. The minimum atomic E-state index is 0.359. The van der Waals surface area contributed by atoms with E-state index in [-0.39, 0.29) is 0 Å². The zero-order valence-corrected chi connectivity index (χ0v) is 13.3. The lowest BCUT2D eigenvalue weighted by molar-refractivity contribution is 0.254. The van der Waals surface area contributed by atoms with Gasteiger partial charge in [-0.2, -0.15) is 5.10 Å². The van der Waals surface area contributed by atoms with Crippen LogP contribution in [0.4, 0.5) is 11.5 Å². The lowest BCUT2D eigenvalue weighted by atomic mass is 10.1. The Morgan fingerprint density at radius 3 is 2.60 bits per heavy atom. The molecule has 1 aliphatic carbocycles. The Bertz CT molecular complexity index is 432. The number of likely N-dealkylation sites (N-methyl/N-ethyl adjacent to an activating group) is 1. The molecule has 5 heteroatoms. The number of anilines is 2. The molecule has 5 nitrogen and oxygen atoms in total. The van der Waals surface area contributed by atoms with E-state index < -0.39 is 0 Å². The highest BCUT2D eigenvalue weighted by molar-refractivity contribution is 5.65. The van der Waals surface area contributed by atoms with Crippen molar-refractivity contribution in [1.29, 1.82) is 0 Å². The Morgan fingerprint density at radius 2 is 2.05 bits per heavy atom. The molecular weight excluding hydrogens is 250 g/mol. The fourth-order valence-electron chi connectivity index (χ4n) is 3.08. The highest BCUT2D eigenvalue weighted by atomic mass is 15.3. The van der Waals surface area contributed by atoms with Crippen molar-refractivity contribution in [2.24, 2.45) is 7.05 Å². The Labute approximate surface area is 122 Å². The molecule has 0 aliphatic heterocycles. The summed E-state index contributed by atoms with van der Waals surface area (Å²) >= 11 is 0. The summed E-state index contributed by atoms with van der Waals surface area (Å²) in [6.07, 6.45) is 5.47. The molecule has 0 radical (unpaired) electrons. The maximum absolute atomic E-state index is 6.18. The third-order valence-electron chi connectivity index (χ3n) is 4.36. The Balaban J connectivity index is 1.87. The standard InChI is InChI=1S/C15H29N5/c1-11(2)14-13(16)15(20(4)18-14)17-9-10-19(3)12-7-5-6-8-12/h11-12,17H,5-10,16H2,1-4H3. The van der Waals surface area contributed by atoms with Gasteiger partial charge in [0.1, 0.15) is 5.82 Å². The molecule has 1 aromatic rings. The van der Waals surface area contributed by atoms with Crippen molar-refractivity contribution >= 4 is 11.5 Å². The normalized spacial score (nSPS) is 16.5. The lowest BCUT2D eigenvalue weighted by Gasteiger charge is -2.24. The van der Waals surface area contributed by atoms with Gasteiger partial charge in [0.25, 0.3) is 0 Å². The molecule has 1 fully saturated rings. The van der Waals surface area contributed by atoms with Crippen LogP contribution in [0.5, 0.6) is 0 Å². The molecule has 20 heavy (non-hydrogen) atoms. The van der Waals surface area contributed by atoms with Crippen molar-refractivity contribution in [3.05, 3.63) is 5.69 Å². The first-order chi connectivity index (χ1) is 9.50. The fraction of sp³-hybridized carbons (Fsp3) is 0.800. The van der Waals surface area contributed by atoms with E-state index in [2.05, 4.69) is 36.2 Å². The molecule has 2 rings (SSSR count). The quantitative estimate of drug-likeness (QED) is 0.839. The van der Waals surface area contributed by atoms with Crippen LogP contribution >= 0.6 is 0 Å². The highest BCUT2D eigenvalue weighted by Gasteiger charge is 2.19. The van der Waals surface area contributed by atoms with Gasteiger partial charge in [0.15, 0.2) is 0 Å². The van der Waals surface area contributed by atoms with Crippen LogP contribution in [-0.2, 0) is 7.05 Å². The highest BCUT2D eigenvalue weighted by Crippen LogP contribution is 2.27. The van der Waals surface area contributed by atoms with E-state index >= 15 is 0 Å². The van der Waals surface area contributed by atoms with Crippen molar-refractivity contribution < 1.29 is 0 Å². The van der Waals surface area contributed by atoms with Gasteiger partial charge in [0.05, 0.1) is 11.4 Å². The summed E-state index contributed by atoms with van der Waals surface area (Å²) in [6.45, 7) is 6.20. The van der Waals surface area contributed by atoms with Crippen LogP contribution in [0.2, 0.25) is 0 Å². The van der Waals surface area contributed by atoms with Crippen LogP contribution in [0.25, 0.3) is 0 Å². The van der Waals surface area contributed by atoms with Gasteiger partial charge in [-0.3, -0.25) is 4.68 Å². The van der Waals surface area contributed by atoms with Crippen molar-refractivity contribution in [3.8, 4) is 0 Å². The van der Waals surface area contributed by atoms with E-state index in [0.29, 0.717) is 5.92 Å². The Morgan fingerprint density at radius 1 is 1.40 bits per heavy atom. The van der Waals surface area contributed by atoms with Gasteiger partial charge in [-0.25, -0.2) is 0 Å². The third kappa shape index (κ3) is 3.26.